The molecular weight excluding hydrogens is 212 g/mol. The molecule has 0 aliphatic carbocycles. The Morgan fingerprint density at radius 3 is 2.76 bits per heavy atom. The van der Waals surface area contributed by atoms with E-state index in [0.29, 0.717) is 11.3 Å². The lowest BCUT2D eigenvalue weighted by Gasteiger charge is -2.11. The van der Waals surface area contributed by atoms with E-state index in [0.717, 1.165) is 31.6 Å². The molecule has 0 saturated carbocycles. The molecule has 0 heterocycles. The van der Waals surface area contributed by atoms with Crippen LogP contribution in [0.5, 0.6) is 0 Å². The smallest absolute Gasteiger partial charge is 0.101 e. The van der Waals surface area contributed by atoms with Crippen molar-refractivity contribution in [2.45, 2.75) is 12.8 Å². The second-order valence-corrected chi connectivity index (χ2v) is 4.35. The predicted octanol–water partition coefficient (Wildman–Crippen LogP) is 1.89. The average Bonchev–Trinajstić information content (AvgIpc) is 2.29. The number of nitriles is 1. The van der Waals surface area contributed by atoms with Gasteiger partial charge in [-0.3, -0.25) is 0 Å². The highest BCUT2D eigenvalue weighted by atomic mass is 15.0. The third-order valence-corrected chi connectivity index (χ3v) is 2.51. The van der Waals surface area contributed by atoms with Crippen LogP contribution in [0, 0.1) is 11.3 Å². The van der Waals surface area contributed by atoms with Crippen LogP contribution in [0.3, 0.4) is 0 Å². The maximum atomic E-state index is 8.97. The quantitative estimate of drug-likeness (QED) is 0.580. The fraction of sp³-hybridized carbons (Fsp3) is 0.462. The van der Waals surface area contributed by atoms with Crippen molar-refractivity contribution in [2.24, 2.45) is 0 Å². The Labute approximate surface area is 103 Å². The van der Waals surface area contributed by atoms with Crippen LogP contribution < -0.4 is 11.1 Å². The normalized spacial score (nSPS) is 10.2. The van der Waals surface area contributed by atoms with E-state index in [9.17, 15) is 0 Å². The lowest BCUT2D eigenvalue weighted by molar-refractivity contribution is 0.396. The first-order valence-electron chi connectivity index (χ1n) is 5.81. The zero-order valence-corrected chi connectivity index (χ0v) is 10.5. The van der Waals surface area contributed by atoms with Crippen LogP contribution in [-0.2, 0) is 0 Å². The summed E-state index contributed by atoms with van der Waals surface area (Å²) in [6, 6.07) is 7.51. The number of nitrogen functional groups attached to an aromatic ring is 1. The number of benzene rings is 1. The summed E-state index contributed by atoms with van der Waals surface area (Å²) >= 11 is 0. The van der Waals surface area contributed by atoms with Crippen LogP contribution in [0.25, 0.3) is 0 Å². The van der Waals surface area contributed by atoms with E-state index in [1.807, 2.05) is 12.1 Å². The molecule has 17 heavy (non-hydrogen) atoms. The molecule has 4 heteroatoms. The van der Waals surface area contributed by atoms with Gasteiger partial charge in [0.25, 0.3) is 0 Å². The lowest BCUT2D eigenvalue weighted by Crippen LogP contribution is -2.14. The van der Waals surface area contributed by atoms with Gasteiger partial charge in [-0.2, -0.15) is 5.26 Å². The third-order valence-electron chi connectivity index (χ3n) is 2.51. The van der Waals surface area contributed by atoms with Crippen molar-refractivity contribution in [2.75, 3.05) is 38.2 Å². The van der Waals surface area contributed by atoms with Gasteiger partial charge in [0.15, 0.2) is 0 Å². The topological polar surface area (TPSA) is 65.1 Å². The number of hydrogen-bond donors (Lipinski definition) is 2. The van der Waals surface area contributed by atoms with Crippen LogP contribution in [-0.4, -0.2) is 32.1 Å². The first-order valence-corrected chi connectivity index (χ1v) is 5.81. The number of nitrogens with zero attached hydrogens (tertiary/aromatic N) is 2. The molecule has 1 aromatic carbocycles. The Balaban J connectivity index is 2.39. The Kier molecular flexibility index (Phi) is 5.31. The summed E-state index contributed by atoms with van der Waals surface area (Å²) in [6.45, 7) is 1.97. The Hall–Kier alpha value is -1.73. The monoisotopic (exact) mass is 232 g/mol. The standard InChI is InChI=1S/C13H20N4/c1-17(2)8-4-3-7-16-13-6-5-12(15)9-11(13)10-14/h5-6,9,16H,3-4,7-8,15H2,1-2H3. The Morgan fingerprint density at radius 1 is 1.35 bits per heavy atom. The second kappa shape index (κ2) is 6.77. The molecule has 4 nitrogen and oxygen atoms in total. The molecule has 1 aromatic rings. The van der Waals surface area contributed by atoms with Crippen LogP contribution in [0.15, 0.2) is 18.2 Å². The molecular formula is C13H20N4. The first-order chi connectivity index (χ1) is 8.13. The van der Waals surface area contributed by atoms with E-state index in [-0.39, 0.29) is 0 Å². The number of anilines is 2. The summed E-state index contributed by atoms with van der Waals surface area (Å²) < 4.78 is 0. The molecule has 0 atom stereocenters. The molecule has 0 amide bonds. The molecule has 0 unspecified atom stereocenters. The average molecular weight is 232 g/mol. The zero-order chi connectivity index (χ0) is 12.7. The van der Waals surface area contributed by atoms with Gasteiger partial charge < -0.3 is 16.0 Å². The van der Waals surface area contributed by atoms with Crippen LogP contribution >= 0.6 is 0 Å². The predicted molar refractivity (Wildman–Crippen MR) is 71.8 cm³/mol. The molecule has 0 aliphatic rings. The number of unbranched alkanes of at least 4 members (excludes halogenated alkanes) is 1. The van der Waals surface area contributed by atoms with E-state index >= 15 is 0 Å². The van der Waals surface area contributed by atoms with Gasteiger partial charge in [-0.1, -0.05) is 0 Å². The highest BCUT2D eigenvalue weighted by Gasteiger charge is 2.01. The van der Waals surface area contributed by atoms with E-state index in [1.165, 1.54) is 0 Å². The molecule has 1 rings (SSSR count). The molecule has 0 spiro atoms. The SMILES string of the molecule is CN(C)CCCCNc1ccc(N)cc1C#N. The lowest BCUT2D eigenvalue weighted by atomic mass is 10.1. The summed E-state index contributed by atoms with van der Waals surface area (Å²) in [4.78, 5) is 2.17. The van der Waals surface area contributed by atoms with Crippen molar-refractivity contribution in [3.8, 4) is 6.07 Å². The van der Waals surface area contributed by atoms with Crippen molar-refractivity contribution in [3.63, 3.8) is 0 Å². The fourth-order valence-corrected chi connectivity index (χ4v) is 1.58. The van der Waals surface area contributed by atoms with Gasteiger partial charge in [-0.15, -0.1) is 0 Å². The van der Waals surface area contributed by atoms with E-state index in [2.05, 4.69) is 30.4 Å². The summed E-state index contributed by atoms with van der Waals surface area (Å²) in [5.41, 5.74) is 7.73. The van der Waals surface area contributed by atoms with Gasteiger partial charge in [0, 0.05) is 12.2 Å². The van der Waals surface area contributed by atoms with Crippen LogP contribution in [0.2, 0.25) is 0 Å². The molecule has 0 aromatic heterocycles. The third kappa shape index (κ3) is 4.75. The van der Waals surface area contributed by atoms with Gasteiger partial charge in [-0.25, -0.2) is 0 Å². The summed E-state index contributed by atoms with van der Waals surface area (Å²) in [6.07, 6.45) is 2.24. The van der Waals surface area contributed by atoms with Crippen molar-refractivity contribution in [1.29, 1.82) is 5.26 Å². The van der Waals surface area contributed by atoms with E-state index < -0.39 is 0 Å². The summed E-state index contributed by atoms with van der Waals surface area (Å²) in [5.74, 6) is 0. The van der Waals surface area contributed by atoms with E-state index in [1.54, 1.807) is 6.07 Å². The molecule has 0 saturated heterocycles. The number of nitrogens with two attached hydrogens (primary N) is 1. The van der Waals surface area contributed by atoms with Crippen molar-refractivity contribution < 1.29 is 0 Å². The van der Waals surface area contributed by atoms with Gasteiger partial charge in [0.2, 0.25) is 0 Å². The molecule has 0 aliphatic heterocycles. The highest BCUT2D eigenvalue weighted by molar-refractivity contribution is 5.62. The first kappa shape index (κ1) is 13.3. The number of nitrogens with one attached hydrogen (secondary N) is 1. The van der Waals surface area contributed by atoms with Gasteiger partial charge in [0.1, 0.15) is 6.07 Å². The van der Waals surface area contributed by atoms with Crippen molar-refractivity contribution in [1.82, 2.24) is 4.90 Å². The fourth-order valence-electron chi connectivity index (χ4n) is 1.58. The van der Waals surface area contributed by atoms with Crippen molar-refractivity contribution >= 4 is 11.4 Å². The van der Waals surface area contributed by atoms with Gasteiger partial charge in [0.05, 0.1) is 11.3 Å². The molecule has 0 radical (unpaired) electrons. The molecule has 0 fully saturated rings. The minimum atomic E-state index is 0.609. The maximum absolute atomic E-state index is 8.97. The molecule has 3 N–H and O–H groups in total. The van der Waals surface area contributed by atoms with Gasteiger partial charge >= 0.3 is 0 Å². The molecule has 92 valence electrons. The Morgan fingerprint density at radius 2 is 2.12 bits per heavy atom. The van der Waals surface area contributed by atoms with Crippen LogP contribution in [0.4, 0.5) is 11.4 Å². The second-order valence-electron chi connectivity index (χ2n) is 4.35. The minimum absolute atomic E-state index is 0.609. The number of hydrogen-bond acceptors (Lipinski definition) is 4. The number of rotatable bonds is 6. The largest absolute Gasteiger partial charge is 0.399 e. The van der Waals surface area contributed by atoms with Crippen LogP contribution in [0.1, 0.15) is 18.4 Å². The maximum Gasteiger partial charge on any atom is 0.101 e. The van der Waals surface area contributed by atoms with Gasteiger partial charge in [-0.05, 0) is 51.7 Å². The van der Waals surface area contributed by atoms with E-state index in [4.69, 9.17) is 11.0 Å². The Bertz CT molecular complexity index is 393. The highest BCUT2D eigenvalue weighted by Crippen LogP contribution is 2.17. The summed E-state index contributed by atoms with van der Waals surface area (Å²) in [5, 5.41) is 12.2. The van der Waals surface area contributed by atoms with Crippen molar-refractivity contribution in [3.05, 3.63) is 23.8 Å². The summed E-state index contributed by atoms with van der Waals surface area (Å²) in [7, 11) is 4.14. The molecule has 0 bridgehead atoms. The minimum Gasteiger partial charge on any atom is -0.399 e. The zero-order valence-electron chi connectivity index (χ0n) is 10.5.